The Hall–Kier alpha value is -1.60. The van der Waals surface area contributed by atoms with E-state index in [4.69, 9.17) is 0 Å². The zero-order chi connectivity index (χ0) is 14.6. The van der Waals surface area contributed by atoms with Crippen LogP contribution in [-0.4, -0.2) is 30.9 Å². The van der Waals surface area contributed by atoms with Gasteiger partial charge in [0.05, 0.1) is 4.90 Å². The number of nitrogens with one attached hydrogen (secondary N) is 1. The maximum absolute atomic E-state index is 11.4. The number of hydrogen-bond donors (Lipinski definition) is 1. The monoisotopic (exact) mass is 309 g/mol. The molecule has 0 radical (unpaired) electrons. The van der Waals surface area contributed by atoms with Crippen LogP contribution >= 0.6 is 11.8 Å². The molecule has 0 bridgehead atoms. The highest BCUT2D eigenvalue weighted by molar-refractivity contribution is 7.98. The van der Waals surface area contributed by atoms with Gasteiger partial charge in [0.1, 0.15) is 5.82 Å². The zero-order valence-corrected chi connectivity index (χ0v) is 12.8. The van der Waals surface area contributed by atoms with E-state index in [2.05, 4.69) is 15.3 Å². The minimum Gasteiger partial charge on any atom is -0.366 e. The molecule has 5 nitrogen and oxygen atoms in total. The molecule has 0 aliphatic rings. The summed E-state index contributed by atoms with van der Waals surface area (Å²) in [5, 5.41) is 3.89. The van der Waals surface area contributed by atoms with Gasteiger partial charge in [0.15, 0.2) is 15.0 Å². The van der Waals surface area contributed by atoms with E-state index in [1.165, 1.54) is 18.0 Å². The minimum atomic E-state index is -3.14. The van der Waals surface area contributed by atoms with E-state index >= 15 is 0 Å². The normalized spacial score (nSPS) is 11.3. The molecule has 7 heteroatoms. The lowest BCUT2D eigenvalue weighted by molar-refractivity contribution is 0.602. The first kappa shape index (κ1) is 14.8. The van der Waals surface area contributed by atoms with Gasteiger partial charge in [0.25, 0.3) is 0 Å². The van der Waals surface area contributed by atoms with Gasteiger partial charge in [-0.15, -0.1) is 0 Å². The fraction of sp³-hybridized carbons (Fsp3) is 0.231. The van der Waals surface area contributed by atoms with E-state index in [0.717, 1.165) is 11.4 Å². The molecule has 1 aromatic carbocycles. The number of benzene rings is 1. The van der Waals surface area contributed by atoms with Crippen molar-refractivity contribution in [1.29, 1.82) is 0 Å². The standard InChI is InChI=1S/C13H15N3O2S2/c1-19-13-14-8-7-12(16-13)15-9-10-3-5-11(6-4-10)20(2,17)18/h3-8H,9H2,1-2H3,(H,14,15,16). The summed E-state index contributed by atoms with van der Waals surface area (Å²) in [6, 6.07) is 8.60. The molecule has 0 atom stereocenters. The largest absolute Gasteiger partial charge is 0.366 e. The van der Waals surface area contributed by atoms with Crippen LogP contribution in [0.15, 0.2) is 46.6 Å². The van der Waals surface area contributed by atoms with Crippen molar-refractivity contribution in [2.24, 2.45) is 0 Å². The van der Waals surface area contributed by atoms with E-state index in [0.29, 0.717) is 16.6 Å². The van der Waals surface area contributed by atoms with Gasteiger partial charge in [-0.1, -0.05) is 23.9 Å². The fourth-order valence-corrected chi connectivity index (χ4v) is 2.57. The summed E-state index contributed by atoms with van der Waals surface area (Å²) >= 11 is 1.48. The molecule has 0 aliphatic carbocycles. The maximum Gasteiger partial charge on any atom is 0.189 e. The molecule has 1 N–H and O–H groups in total. The Morgan fingerprint density at radius 3 is 2.50 bits per heavy atom. The number of anilines is 1. The third kappa shape index (κ3) is 3.94. The van der Waals surface area contributed by atoms with Crippen molar-refractivity contribution in [1.82, 2.24) is 9.97 Å². The molecule has 0 saturated heterocycles. The lowest BCUT2D eigenvalue weighted by Crippen LogP contribution is -2.03. The minimum absolute atomic E-state index is 0.327. The first-order chi connectivity index (χ1) is 9.49. The van der Waals surface area contributed by atoms with Gasteiger partial charge < -0.3 is 5.32 Å². The fourth-order valence-electron chi connectivity index (χ4n) is 1.58. The third-order valence-corrected chi connectivity index (χ3v) is 4.33. The molecule has 0 aliphatic heterocycles. The molecule has 1 aromatic heterocycles. The van der Waals surface area contributed by atoms with Crippen LogP contribution in [0, 0.1) is 0 Å². The number of aromatic nitrogens is 2. The number of nitrogens with zero attached hydrogens (tertiary/aromatic N) is 2. The highest BCUT2D eigenvalue weighted by atomic mass is 32.2. The number of rotatable bonds is 5. The molecule has 2 rings (SSSR count). The van der Waals surface area contributed by atoms with Crippen LogP contribution in [0.5, 0.6) is 0 Å². The highest BCUT2D eigenvalue weighted by Gasteiger charge is 2.06. The summed E-state index contributed by atoms with van der Waals surface area (Å²) in [6.45, 7) is 0.578. The molecule has 0 saturated carbocycles. The molecule has 2 aromatic rings. The van der Waals surface area contributed by atoms with Crippen molar-refractivity contribution in [2.75, 3.05) is 17.8 Å². The topological polar surface area (TPSA) is 72.0 Å². The lowest BCUT2D eigenvalue weighted by atomic mass is 10.2. The zero-order valence-electron chi connectivity index (χ0n) is 11.2. The molecule has 0 amide bonds. The molecule has 106 valence electrons. The Kier molecular flexibility index (Phi) is 4.61. The van der Waals surface area contributed by atoms with Gasteiger partial charge in [-0.25, -0.2) is 18.4 Å². The summed E-state index contributed by atoms with van der Waals surface area (Å²) in [6.07, 6.45) is 4.82. The Morgan fingerprint density at radius 2 is 1.90 bits per heavy atom. The smallest absolute Gasteiger partial charge is 0.189 e. The van der Waals surface area contributed by atoms with Gasteiger partial charge in [-0.05, 0) is 30.0 Å². The van der Waals surface area contributed by atoms with Crippen LogP contribution in [-0.2, 0) is 16.4 Å². The summed E-state index contributed by atoms with van der Waals surface area (Å²) in [7, 11) is -3.14. The van der Waals surface area contributed by atoms with Crippen molar-refractivity contribution in [3.05, 3.63) is 42.1 Å². The van der Waals surface area contributed by atoms with Gasteiger partial charge >= 0.3 is 0 Å². The summed E-state index contributed by atoms with van der Waals surface area (Å²) in [5.74, 6) is 0.747. The summed E-state index contributed by atoms with van der Waals surface area (Å²) < 4.78 is 22.7. The Morgan fingerprint density at radius 1 is 1.20 bits per heavy atom. The van der Waals surface area contributed by atoms with Crippen molar-refractivity contribution >= 4 is 27.4 Å². The van der Waals surface area contributed by atoms with Crippen molar-refractivity contribution < 1.29 is 8.42 Å². The van der Waals surface area contributed by atoms with Crippen LogP contribution < -0.4 is 5.32 Å². The summed E-state index contributed by atoms with van der Waals surface area (Å²) in [4.78, 5) is 8.73. The van der Waals surface area contributed by atoms with E-state index in [1.807, 2.05) is 6.26 Å². The van der Waals surface area contributed by atoms with Crippen LogP contribution in [0.3, 0.4) is 0 Å². The second-order valence-corrected chi connectivity index (χ2v) is 6.99. The first-order valence-electron chi connectivity index (χ1n) is 5.89. The van der Waals surface area contributed by atoms with Gasteiger partial charge in [-0.3, -0.25) is 0 Å². The number of sulfone groups is 1. The van der Waals surface area contributed by atoms with E-state index in [9.17, 15) is 8.42 Å². The van der Waals surface area contributed by atoms with E-state index in [1.54, 1.807) is 36.5 Å². The quantitative estimate of drug-likeness (QED) is 0.674. The van der Waals surface area contributed by atoms with E-state index in [-0.39, 0.29) is 0 Å². The molecule has 1 heterocycles. The molecule has 0 spiro atoms. The second kappa shape index (κ2) is 6.23. The molecular weight excluding hydrogens is 294 g/mol. The number of thioether (sulfide) groups is 1. The van der Waals surface area contributed by atoms with Crippen LogP contribution in [0.1, 0.15) is 5.56 Å². The molecular formula is C13H15N3O2S2. The highest BCUT2D eigenvalue weighted by Crippen LogP contribution is 2.13. The average Bonchev–Trinajstić information content (AvgIpc) is 2.45. The van der Waals surface area contributed by atoms with Crippen LogP contribution in [0.2, 0.25) is 0 Å². The molecule has 0 unspecified atom stereocenters. The van der Waals surface area contributed by atoms with Gasteiger partial charge in [0.2, 0.25) is 0 Å². The van der Waals surface area contributed by atoms with Crippen molar-refractivity contribution in [2.45, 2.75) is 16.6 Å². The first-order valence-corrected chi connectivity index (χ1v) is 9.00. The van der Waals surface area contributed by atoms with Gasteiger partial charge in [0, 0.05) is 19.0 Å². The van der Waals surface area contributed by atoms with Gasteiger partial charge in [-0.2, -0.15) is 0 Å². The van der Waals surface area contributed by atoms with E-state index < -0.39 is 9.84 Å². The molecule has 0 fully saturated rings. The predicted octanol–water partition coefficient (Wildman–Crippen LogP) is 2.21. The van der Waals surface area contributed by atoms with Crippen LogP contribution in [0.25, 0.3) is 0 Å². The average molecular weight is 309 g/mol. The molecule has 20 heavy (non-hydrogen) atoms. The lowest BCUT2D eigenvalue weighted by Gasteiger charge is -2.07. The Balaban J connectivity index is 2.04. The Bertz CT molecular complexity index is 685. The second-order valence-electron chi connectivity index (χ2n) is 4.20. The predicted molar refractivity (Wildman–Crippen MR) is 80.7 cm³/mol. The Labute approximate surface area is 122 Å². The number of hydrogen-bond acceptors (Lipinski definition) is 6. The summed E-state index contributed by atoms with van der Waals surface area (Å²) in [5.41, 5.74) is 0.988. The van der Waals surface area contributed by atoms with Crippen LogP contribution in [0.4, 0.5) is 5.82 Å². The SMILES string of the molecule is CSc1nccc(NCc2ccc(S(C)(=O)=O)cc2)n1. The van der Waals surface area contributed by atoms with Crippen molar-refractivity contribution in [3.63, 3.8) is 0 Å². The van der Waals surface area contributed by atoms with Crippen molar-refractivity contribution in [3.8, 4) is 0 Å². The third-order valence-electron chi connectivity index (χ3n) is 2.64. The maximum atomic E-state index is 11.4.